The van der Waals surface area contributed by atoms with Gasteiger partial charge in [0.05, 0.1) is 5.60 Å². The van der Waals surface area contributed by atoms with Gasteiger partial charge in [0, 0.05) is 24.9 Å². The molecule has 1 unspecified atom stereocenters. The number of hydrogen-bond acceptors (Lipinski definition) is 5. The molecule has 0 amide bonds. The molecule has 2 fully saturated rings. The molecule has 1 saturated carbocycles. The number of nitrogens with zero attached hydrogens (tertiary/aromatic N) is 2. The van der Waals surface area contributed by atoms with E-state index < -0.39 is 0 Å². The number of nitrogens with one attached hydrogen (secondary N) is 1. The molecule has 1 saturated heterocycles. The summed E-state index contributed by atoms with van der Waals surface area (Å²) in [4.78, 5) is 8.76. The van der Waals surface area contributed by atoms with Crippen LogP contribution in [0.25, 0.3) is 0 Å². The third-order valence-electron chi connectivity index (χ3n) is 5.26. The van der Waals surface area contributed by atoms with E-state index in [4.69, 9.17) is 9.47 Å². The van der Waals surface area contributed by atoms with Crippen LogP contribution >= 0.6 is 0 Å². The first-order chi connectivity index (χ1) is 12.7. The second-order valence-electron chi connectivity index (χ2n) is 7.20. The zero-order chi connectivity index (χ0) is 17.8. The van der Waals surface area contributed by atoms with Crippen LogP contribution in [0, 0.1) is 5.82 Å². The molecule has 26 heavy (non-hydrogen) atoms. The minimum Gasteiger partial charge on any atom is -0.439 e. The minimum absolute atomic E-state index is 0.0381. The maximum atomic E-state index is 13.0. The Morgan fingerprint density at radius 2 is 1.92 bits per heavy atom. The average Bonchev–Trinajstić information content (AvgIpc) is 2.65. The molecule has 2 heterocycles. The maximum Gasteiger partial charge on any atom is 0.226 e. The zero-order valence-electron chi connectivity index (χ0n) is 14.8. The highest BCUT2D eigenvalue weighted by Gasteiger charge is 2.38. The normalized spacial score (nSPS) is 22.1. The fraction of sp³-hybridized carbons (Fsp3) is 0.500. The van der Waals surface area contributed by atoms with Gasteiger partial charge in [0.1, 0.15) is 11.6 Å². The lowest BCUT2D eigenvalue weighted by Crippen LogP contribution is -2.45. The van der Waals surface area contributed by atoms with E-state index in [2.05, 4.69) is 15.3 Å². The summed E-state index contributed by atoms with van der Waals surface area (Å²) in [6.45, 7) is 0.781. The van der Waals surface area contributed by atoms with E-state index in [1.807, 2.05) is 0 Å². The molecule has 2 aliphatic rings. The zero-order valence-corrected chi connectivity index (χ0v) is 14.8. The van der Waals surface area contributed by atoms with Crippen molar-refractivity contribution in [2.45, 2.75) is 56.6 Å². The van der Waals surface area contributed by atoms with Gasteiger partial charge in [-0.3, -0.25) is 0 Å². The van der Waals surface area contributed by atoms with Gasteiger partial charge in [-0.1, -0.05) is 19.3 Å². The van der Waals surface area contributed by atoms with Crippen molar-refractivity contribution in [2.24, 2.45) is 0 Å². The lowest BCUT2D eigenvalue weighted by atomic mass is 9.78. The SMILES string of the molecule is Fc1ccc(Oc2ccnc(NC3CCOC4(CCCCC4)C3)n2)cc1. The van der Waals surface area contributed by atoms with E-state index in [0.29, 0.717) is 23.6 Å². The number of aromatic nitrogens is 2. The molecule has 1 spiro atoms. The van der Waals surface area contributed by atoms with Gasteiger partial charge >= 0.3 is 0 Å². The molecule has 5 nitrogen and oxygen atoms in total. The predicted molar refractivity (Wildman–Crippen MR) is 96.9 cm³/mol. The van der Waals surface area contributed by atoms with Gasteiger partial charge < -0.3 is 14.8 Å². The van der Waals surface area contributed by atoms with Crippen LogP contribution in [0.1, 0.15) is 44.9 Å². The Morgan fingerprint density at radius 3 is 2.73 bits per heavy atom. The first-order valence-electron chi connectivity index (χ1n) is 9.38. The third kappa shape index (κ3) is 4.12. The third-order valence-corrected chi connectivity index (χ3v) is 5.26. The van der Waals surface area contributed by atoms with Crippen molar-refractivity contribution in [3.05, 3.63) is 42.3 Å². The summed E-state index contributed by atoms with van der Waals surface area (Å²) in [5, 5.41) is 3.45. The molecule has 1 aromatic heterocycles. The van der Waals surface area contributed by atoms with Crippen molar-refractivity contribution in [1.29, 1.82) is 0 Å². The fourth-order valence-corrected chi connectivity index (χ4v) is 3.97. The average molecular weight is 357 g/mol. The summed E-state index contributed by atoms with van der Waals surface area (Å²) in [5.41, 5.74) is 0.0381. The van der Waals surface area contributed by atoms with Crippen LogP contribution in [0.5, 0.6) is 11.6 Å². The fourth-order valence-electron chi connectivity index (χ4n) is 3.97. The number of hydrogen-bond donors (Lipinski definition) is 1. The Kier molecular flexibility index (Phi) is 5.02. The van der Waals surface area contributed by atoms with Crippen molar-refractivity contribution in [3.8, 4) is 11.6 Å². The van der Waals surface area contributed by atoms with Crippen LogP contribution in [0.15, 0.2) is 36.5 Å². The molecule has 0 radical (unpaired) electrons. The predicted octanol–water partition coefficient (Wildman–Crippen LogP) is 4.70. The second kappa shape index (κ2) is 7.58. The van der Waals surface area contributed by atoms with E-state index >= 15 is 0 Å². The highest BCUT2D eigenvalue weighted by molar-refractivity contribution is 5.32. The van der Waals surface area contributed by atoms with Gasteiger partial charge in [-0.05, 0) is 49.9 Å². The van der Waals surface area contributed by atoms with Crippen LogP contribution in [0.2, 0.25) is 0 Å². The smallest absolute Gasteiger partial charge is 0.226 e. The van der Waals surface area contributed by atoms with Crippen molar-refractivity contribution in [1.82, 2.24) is 9.97 Å². The largest absolute Gasteiger partial charge is 0.439 e. The summed E-state index contributed by atoms with van der Waals surface area (Å²) in [6, 6.07) is 7.89. The number of benzene rings is 1. The lowest BCUT2D eigenvalue weighted by molar-refractivity contribution is -0.103. The van der Waals surface area contributed by atoms with Crippen molar-refractivity contribution >= 4 is 5.95 Å². The number of ether oxygens (including phenoxy) is 2. The van der Waals surface area contributed by atoms with Crippen molar-refractivity contribution in [3.63, 3.8) is 0 Å². The van der Waals surface area contributed by atoms with Crippen molar-refractivity contribution in [2.75, 3.05) is 11.9 Å². The molecule has 1 N–H and O–H groups in total. The molecule has 6 heteroatoms. The molecular formula is C20H24FN3O2. The molecule has 138 valence electrons. The number of halogens is 1. The highest BCUT2D eigenvalue weighted by Crippen LogP contribution is 2.39. The Balaban J connectivity index is 1.41. The Labute approximate surface area is 153 Å². The molecule has 1 aromatic carbocycles. The van der Waals surface area contributed by atoms with E-state index in [1.165, 1.54) is 31.4 Å². The molecule has 1 atom stereocenters. The van der Waals surface area contributed by atoms with Crippen LogP contribution in [-0.4, -0.2) is 28.2 Å². The van der Waals surface area contributed by atoms with Crippen molar-refractivity contribution < 1.29 is 13.9 Å². The Bertz CT molecular complexity index is 727. The van der Waals surface area contributed by atoms with Gasteiger partial charge in [-0.2, -0.15) is 4.98 Å². The van der Waals surface area contributed by atoms with Crippen LogP contribution in [0.4, 0.5) is 10.3 Å². The molecule has 0 bridgehead atoms. The standard InChI is InChI=1S/C20H24FN3O2/c21-15-4-6-17(7-5-15)26-18-8-12-22-19(24-18)23-16-9-13-25-20(14-16)10-2-1-3-11-20/h4-8,12,16H,1-3,9-11,13-14H2,(H,22,23,24). The maximum absolute atomic E-state index is 13.0. The highest BCUT2D eigenvalue weighted by atomic mass is 19.1. The number of anilines is 1. The topological polar surface area (TPSA) is 56.3 Å². The first kappa shape index (κ1) is 17.2. The summed E-state index contributed by atoms with van der Waals surface area (Å²) < 4.78 is 24.8. The van der Waals surface area contributed by atoms with Crippen LogP contribution in [-0.2, 0) is 4.74 Å². The quantitative estimate of drug-likeness (QED) is 0.859. The summed E-state index contributed by atoms with van der Waals surface area (Å²) in [5.74, 6) is 1.25. The monoisotopic (exact) mass is 357 g/mol. The van der Waals surface area contributed by atoms with E-state index in [1.54, 1.807) is 24.4 Å². The van der Waals surface area contributed by atoms with E-state index in [9.17, 15) is 4.39 Å². The van der Waals surface area contributed by atoms with Gasteiger partial charge in [0.2, 0.25) is 11.8 Å². The molecule has 2 aromatic rings. The summed E-state index contributed by atoms with van der Waals surface area (Å²) in [6.07, 6.45) is 9.75. The Hall–Kier alpha value is -2.21. The molecule has 4 rings (SSSR count). The first-order valence-corrected chi connectivity index (χ1v) is 9.38. The molecule has 1 aliphatic carbocycles. The van der Waals surface area contributed by atoms with Gasteiger partial charge in [0.25, 0.3) is 0 Å². The summed E-state index contributed by atoms with van der Waals surface area (Å²) >= 11 is 0. The van der Waals surface area contributed by atoms with Gasteiger partial charge in [-0.15, -0.1) is 0 Å². The van der Waals surface area contributed by atoms with E-state index in [-0.39, 0.29) is 11.4 Å². The minimum atomic E-state index is -0.293. The van der Waals surface area contributed by atoms with Crippen LogP contribution < -0.4 is 10.1 Å². The lowest BCUT2D eigenvalue weighted by Gasteiger charge is -2.43. The van der Waals surface area contributed by atoms with E-state index in [0.717, 1.165) is 32.3 Å². The van der Waals surface area contributed by atoms with Crippen LogP contribution in [0.3, 0.4) is 0 Å². The van der Waals surface area contributed by atoms with Gasteiger partial charge in [0.15, 0.2) is 0 Å². The Morgan fingerprint density at radius 1 is 1.12 bits per heavy atom. The number of rotatable bonds is 4. The molecule has 1 aliphatic heterocycles. The summed E-state index contributed by atoms with van der Waals surface area (Å²) in [7, 11) is 0. The second-order valence-corrected chi connectivity index (χ2v) is 7.20. The van der Waals surface area contributed by atoms with Gasteiger partial charge in [-0.25, -0.2) is 9.37 Å². The molecular weight excluding hydrogens is 333 g/mol.